The van der Waals surface area contributed by atoms with Gasteiger partial charge in [-0.15, -0.1) is 5.10 Å². The van der Waals surface area contributed by atoms with Crippen LogP contribution in [0.5, 0.6) is 5.88 Å². The van der Waals surface area contributed by atoms with Gasteiger partial charge < -0.3 is 9.64 Å². The normalized spacial score (nSPS) is 14.2. The van der Waals surface area contributed by atoms with Crippen LogP contribution in [0.3, 0.4) is 0 Å². The van der Waals surface area contributed by atoms with E-state index in [1.165, 1.54) is 0 Å². The van der Waals surface area contributed by atoms with E-state index in [2.05, 4.69) is 48.3 Å². The number of nitriles is 1. The van der Waals surface area contributed by atoms with E-state index in [0.717, 1.165) is 55.1 Å². The number of piperidine rings is 1. The van der Waals surface area contributed by atoms with Gasteiger partial charge in [-0.05, 0) is 30.9 Å². The molecule has 172 valence electrons. The molecule has 11 nitrogen and oxygen atoms in total. The van der Waals surface area contributed by atoms with Crippen LogP contribution in [-0.4, -0.2) is 52.8 Å². The van der Waals surface area contributed by atoms with Crippen LogP contribution in [0.2, 0.25) is 0 Å². The summed E-state index contributed by atoms with van der Waals surface area (Å²) >= 11 is 0. The molecule has 0 N–H and O–H groups in total. The predicted molar refractivity (Wildman–Crippen MR) is 122 cm³/mol. The van der Waals surface area contributed by atoms with Crippen molar-refractivity contribution in [3.8, 4) is 17.6 Å². The molecule has 0 amide bonds. The number of aromatic nitrogens is 8. The summed E-state index contributed by atoms with van der Waals surface area (Å²) in [4.78, 5) is 15.5. The number of aryl methyl sites for hydroxylation is 1. The first-order valence-electron chi connectivity index (χ1n) is 11.2. The van der Waals surface area contributed by atoms with Gasteiger partial charge in [0, 0.05) is 37.1 Å². The fourth-order valence-corrected chi connectivity index (χ4v) is 4.00. The van der Waals surface area contributed by atoms with Crippen LogP contribution in [0.15, 0.2) is 49.3 Å². The summed E-state index contributed by atoms with van der Waals surface area (Å²) in [5.74, 6) is 1.22. The molecule has 0 atom stereocenters. The lowest BCUT2D eigenvalue weighted by Crippen LogP contribution is -2.36. The Morgan fingerprint density at radius 3 is 2.56 bits per heavy atom. The summed E-state index contributed by atoms with van der Waals surface area (Å²) in [5.41, 5.74) is 3.19. The van der Waals surface area contributed by atoms with Crippen LogP contribution < -0.4 is 9.64 Å². The van der Waals surface area contributed by atoms with Crippen molar-refractivity contribution in [3.05, 3.63) is 66.1 Å². The second-order valence-corrected chi connectivity index (χ2v) is 8.03. The molecule has 11 heteroatoms. The Kier molecular flexibility index (Phi) is 6.11. The number of nitrogens with zero attached hydrogens (tertiary/aromatic N) is 10. The third kappa shape index (κ3) is 4.43. The molecule has 34 heavy (non-hydrogen) atoms. The molecule has 1 fully saturated rings. The minimum atomic E-state index is 0.148. The Morgan fingerprint density at radius 1 is 1.09 bits per heavy atom. The Balaban J connectivity index is 1.21. The minimum Gasteiger partial charge on any atom is -0.473 e. The average Bonchev–Trinajstić information content (AvgIpc) is 3.58. The Morgan fingerprint density at radius 2 is 1.91 bits per heavy atom. The molecule has 4 aromatic heterocycles. The van der Waals surface area contributed by atoms with Crippen LogP contribution in [0.25, 0.3) is 5.69 Å². The monoisotopic (exact) mass is 456 g/mol. The van der Waals surface area contributed by atoms with Gasteiger partial charge in [-0.25, -0.2) is 19.6 Å². The highest BCUT2D eigenvalue weighted by Crippen LogP contribution is 2.27. The average molecular weight is 457 g/mol. The molecule has 0 spiro atoms. The van der Waals surface area contributed by atoms with Gasteiger partial charge in [-0.1, -0.05) is 12.1 Å². The second-order valence-electron chi connectivity index (χ2n) is 8.03. The second kappa shape index (κ2) is 9.66. The van der Waals surface area contributed by atoms with E-state index in [9.17, 15) is 5.26 Å². The molecular formula is C23H24N10O. The summed E-state index contributed by atoms with van der Waals surface area (Å²) in [5, 5.41) is 22.1. The van der Waals surface area contributed by atoms with Gasteiger partial charge in [0.2, 0.25) is 11.8 Å². The maximum atomic E-state index is 9.81. The van der Waals surface area contributed by atoms with E-state index in [1.54, 1.807) is 35.5 Å². The first kappa shape index (κ1) is 21.5. The Labute approximate surface area is 196 Å². The maximum Gasteiger partial charge on any atom is 0.225 e. The zero-order chi connectivity index (χ0) is 23.3. The molecule has 0 unspecified atom stereocenters. The SMILES string of the molecule is CCc1cnc(N2CCC(n3ncc(COc4ccc(-n5ccnn5)cn4)c3C#N)CC2)nc1. The lowest BCUT2D eigenvalue weighted by atomic mass is 10.1. The molecule has 4 aromatic rings. The summed E-state index contributed by atoms with van der Waals surface area (Å²) in [7, 11) is 0. The van der Waals surface area contributed by atoms with Crippen molar-refractivity contribution in [3.63, 3.8) is 0 Å². The molecular weight excluding hydrogens is 432 g/mol. The highest BCUT2D eigenvalue weighted by atomic mass is 16.5. The lowest BCUT2D eigenvalue weighted by Gasteiger charge is -2.32. The third-order valence-corrected chi connectivity index (χ3v) is 5.95. The van der Waals surface area contributed by atoms with Crippen molar-refractivity contribution < 1.29 is 4.74 Å². The molecule has 5 rings (SSSR count). The first-order valence-corrected chi connectivity index (χ1v) is 11.2. The van der Waals surface area contributed by atoms with Crippen LogP contribution in [0.1, 0.15) is 42.6 Å². The fourth-order valence-electron chi connectivity index (χ4n) is 4.00. The van der Waals surface area contributed by atoms with Gasteiger partial charge in [-0.2, -0.15) is 10.4 Å². The van der Waals surface area contributed by atoms with E-state index in [0.29, 0.717) is 11.6 Å². The van der Waals surface area contributed by atoms with Gasteiger partial charge in [-0.3, -0.25) is 4.68 Å². The molecule has 5 heterocycles. The summed E-state index contributed by atoms with van der Waals surface area (Å²) in [6, 6.07) is 6.06. The van der Waals surface area contributed by atoms with Gasteiger partial charge >= 0.3 is 0 Å². The van der Waals surface area contributed by atoms with Gasteiger partial charge in [0.15, 0.2) is 0 Å². The minimum absolute atomic E-state index is 0.148. The highest BCUT2D eigenvalue weighted by molar-refractivity contribution is 5.34. The number of rotatable bonds is 7. The summed E-state index contributed by atoms with van der Waals surface area (Å²) in [6.45, 7) is 3.94. The van der Waals surface area contributed by atoms with Crippen molar-refractivity contribution in [1.29, 1.82) is 5.26 Å². The Hall–Kier alpha value is -4.33. The van der Waals surface area contributed by atoms with Crippen molar-refractivity contribution in [2.24, 2.45) is 0 Å². The molecule has 0 aromatic carbocycles. The first-order chi connectivity index (χ1) is 16.7. The molecule has 0 radical (unpaired) electrons. The van der Waals surface area contributed by atoms with Gasteiger partial charge in [0.1, 0.15) is 18.4 Å². The molecule has 0 saturated carbocycles. The van der Waals surface area contributed by atoms with Crippen molar-refractivity contribution in [1.82, 2.24) is 39.7 Å². The molecule has 0 bridgehead atoms. The van der Waals surface area contributed by atoms with E-state index < -0.39 is 0 Å². The molecule has 1 aliphatic rings. The van der Waals surface area contributed by atoms with Crippen LogP contribution in [0, 0.1) is 11.3 Å². The van der Waals surface area contributed by atoms with Gasteiger partial charge in [0.25, 0.3) is 0 Å². The number of anilines is 1. The molecule has 1 aliphatic heterocycles. The summed E-state index contributed by atoms with van der Waals surface area (Å²) < 4.78 is 9.26. The topological polar surface area (TPSA) is 123 Å². The van der Waals surface area contributed by atoms with E-state index in [4.69, 9.17) is 4.74 Å². The number of ether oxygens (including phenoxy) is 1. The smallest absolute Gasteiger partial charge is 0.225 e. The standard InChI is InChI=1S/C23H24N10O/c1-2-17-12-26-23(27-13-17)31-8-5-19(6-9-31)33-21(11-24)18(14-29-33)16-34-22-4-3-20(15-25-22)32-10-7-28-30-32/h3-4,7,10,12-15,19H,2,5-6,8-9,16H2,1H3. The van der Waals surface area contributed by atoms with E-state index in [-0.39, 0.29) is 12.6 Å². The molecule has 1 saturated heterocycles. The van der Waals surface area contributed by atoms with Gasteiger partial charge in [0.05, 0.1) is 36.5 Å². The molecule has 0 aliphatic carbocycles. The predicted octanol–water partition coefficient (Wildman–Crippen LogP) is 2.50. The van der Waals surface area contributed by atoms with E-state index in [1.807, 2.05) is 23.1 Å². The fraction of sp³-hybridized carbons (Fsp3) is 0.348. The quantitative estimate of drug-likeness (QED) is 0.412. The van der Waals surface area contributed by atoms with E-state index >= 15 is 0 Å². The lowest BCUT2D eigenvalue weighted by molar-refractivity contribution is 0.292. The van der Waals surface area contributed by atoms with Crippen molar-refractivity contribution in [2.75, 3.05) is 18.0 Å². The van der Waals surface area contributed by atoms with Crippen LogP contribution >= 0.6 is 0 Å². The zero-order valence-corrected chi connectivity index (χ0v) is 18.8. The highest BCUT2D eigenvalue weighted by Gasteiger charge is 2.25. The van der Waals surface area contributed by atoms with Crippen LogP contribution in [0.4, 0.5) is 5.95 Å². The van der Waals surface area contributed by atoms with Crippen LogP contribution in [-0.2, 0) is 13.0 Å². The number of hydrogen-bond donors (Lipinski definition) is 0. The zero-order valence-electron chi connectivity index (χ0n) is 18.8. The number of pyridine rings is 1. The third-order valence-electron chi connectivity index (χ3n) is 5.95. The largest absolute Gasteiger partial charge is 0.473 e. The Bertz CT molecular complexity index is 1250. The maximum absolute atomic E-state index is 9.81. The summed E-state index contributed by atoms with van der Waals surface area (Å²) in [6.07, 6.45) is 13.1. The van der Waals surface area contributed by atoms with Crippen molar-refractivity contribution in [2.45, 2.75) is 38.8 Å². The van der Waals surface area contributed by atoms with Crippen molar-refractivity contribution >= 4 is 5.95 Å². The number of hydrogen-bond acceptors (Lipinski definition) is 9.